The summed E-state index contributed by atoms with van der Waals surface area (Å²) in [7, 11) is 0. The number of carbonyl (C=O) groups excluding carboxylic acids is 1. The number of rotatable bonds is 5. The molecule has 0 N–H and O–H groups in total. The summed E-state index contributed by atoms with van der Waals surface area (Å²) >= 11 is 0. The van der Waals surface area contributed by atoms with Crippen molar-refractivity contribution in [3.05, 3.63) is 71.5 Å². The topological polar surface area (TPSA) is 30.2 Å². The Morgan fingerprint density at radius 2 is 1.77 bits per heavy atom. The maximum Gasteiger partial charge on any atom is 0.200 e. The van der Waals surface area contributed by atoms with E-state index >= 15 is 0 Å². The minimum atomic E-state index is -0.278. The van der Waals surface area contributed by atoms with Crippen molar-refractivity contribution in [2.45, 2.75) is 41.5 Å². The van der Waals surface area contributed by atoms with Crippen molar-refractivity contribution in [3.8, 4) is 0 Å². The standard InChI is InChI=1S/C23H27FO2/c1-14(2)21(25)20-13-16(4)22(26-20)19(23(5,6)7)12-15(3)17-8-10-18(24)11-9-17/h8-14H,3H2,1-2,4-7H3/b19-12+. The Kier molecular flexibility index (Phi) is 5.70. The van der Waals surface area contributed by atoms with E-state index < -0.39 is 0 Å². The molecular weight excluding hydrogens is 327 g/mol. The van der Waals surface area contributed by atoms with Gasteiger partial charge in [0.25, 0.3) is 0 Å². The Labute approximate surface area is 155 Å². The molecule has 26 heavy (non-hydrogen) atoms. The van der Waals surface area contributed by atoms with Gasteiger partial charge < -0.3 is 4.42 Å². The molecule has 0 saturated heterocycles. The van der Waals surface area contributed by atoms with E-state index in [1.54, 1.807) is 18.2 Å². The van der Waals surface area contributed by atoms with Gasteiger partial charge in [0.2, 0.25) is 5.78 Å². The fourth-order valence-corrected chi connectivity index (χ4v) is 2.70. The first-order valence-corrected chi connectivity index (χ1v) is 8.82. The Morgan fingerprint density at radius 1 is 1.19 bits per heavy atom. The summed E-state index contributed by atoms with van der Waals surface area (Å²) in [6, 6.07) is 8.05. The van der Waals surface area contributed by atoms with Gasteiger partial charge in [-0.15, -0.1) is 0 Å². The highest BCUT2D eigenvalue weighted by Crippen LogP contribution is 2.39. The molecular formula is C23H27FO2. The number of hydrogen-bond acceptors (Lipinski definition) is 2. The highest BCUT2D eigenvalue weighted by atomic mass is 19.1. The summed E-state index contributed by atoms with van der Waals surface area (Å²) in [4.78, 5) is 12.3. The summed E-state index contributed by atoms with van der Waals surface area (Å²) in [5.74, 6) is 0.676. The lowest BCUT2D eigenvalue weighted by molar-refractivity contribution is 0.0910. The number of ketones is 1. The summed E-state index contributed by atoms with van der Waals surface area (Å²) in [6.45, 7) is 16.0. The lowest BCUT2D eigenvalue weighted by Gasteiger charge is -2.23. The van der Waals surface area contributed by atoms with Gasteiger partial charge in [0, 0.05) is 11.5 Å². The van der Waals surface area contributed by atoms with Crippen LogP contribution in [0.3, 0.4) is 0 Å². The summed E-state index contributed by atoms with van der Waals surface area (Å²) in [5, 5.41) is 0. The highest BCUT2D eigenvalue weighted by molar-refractivity contribution is 5.96. The Bertz CT molecular complexity index is 843. The molecule has 2 aromatic rings. The molecule has 1 aromatic carbocycles. The van der Waals surface area contributed by atoms with E-state index in [1.807, 2.05) is 26.8 Å². The summed E-state index contributed by atoms with van der Waals surface area (Å²) < 4.78 is 19.1. The predicted molar refractivity (Wildman–Crippen MR) is 105 cm³/mol. The number of hydrogen-bond donors (Lipinski definition) is 0. The van der Waals surface area contributed by atoms with E-state index in [-0.39, 0.29) is 22.9 Å². The fraction of sp³-hybridized carbons (Fsp3) is 0.348. The van der Waals surface area contributed by atoms with Gasteiger partial charge in [-0.25, -0.2) is 4.39 Å². The van der Waals surface area contributed by atoms with Crippen LogP contribution in [0, 0.1) is 24.1 Å². The zero-order chi connectivity index (χ0) is 19.6. The molecule has 0 atom stereocenters. The molecule has 0 fully saturated rings. The molecule has 2 rings (SSSR count). The van der Waals surface area contributed by atoms with Crippen LogP contribution in [0.2, 0.25) is 0 Å². The molecule has 0 radical (unpaired) electrons. The van der Waals surface area contributed by atoms with Crippen molar-refractivity contribution >= 4 is 16.9 Å². The average Bonchev–Trinajstić information content (AvgIpc) is 2.92. The maximum absolute atomic E-state index is 13.2. The maximum atomic E-state index is 13.2. The van der Waals surface area contributed by atoms with Crippen LogP contribution < -0.4 is 0 Å². The number of halogens is 1. The van der Waals surface area contributed by atoms with Crippen LogP contribution in [0.1, 0.15) is 62.1 Å². The van der Waals surface area contributed by atoms with Gasteiger partial charge in [0.1, 0.15) is 11.6 Å². The Hall–Kier alpha value is -2.42. The first-order valence-electron chi connectivity index (χ1n) is 8.82. The lowest BCUT2D eigenvalue weighted by atomic mass is 9.82. The predicted octanol–water partition coefficient (Wildman–Crippen LogP) is 6.71. The molecule has 3 heteroatoms. The second kappa shape index (κ2) is 7.45. The zero-order valence-electron chi connectivity index (χ0n) is 16.4. The van der Waals surface area contributed by atoms with Crippen molar-refractivity contribution in [1.29, 1.82) is 0 Å². The van der Waals surface area contributed by atoms with E-state index in [2.05, 4.69) is 27.4 Å². The molecule has 0 aliphatic rings. The van der Waals surface area contributed by atoms with Gasteiger partial charge >= 0.3 is 0 Å². The largest absolute Gasteiger partial charge is 0.453 e. The van der Waals surface area contributed by atoms with Crippen LogP contribution >= 0.6 is 0 Å². The lowest BCUT2D eigenvalue weighted by Crippen LogP contribution is -2.09. The molecule has 0 spiro atoms. The quantitative estimate of drug-likeness (QED) is 0.441. The first kappa shape index (κ1) is 19.9. The second-order valence-electron chi connectivity index (χ2n) is 7.98. The summed E-state index contributed by atoms with van der Waals surface area (Å²) in [6.07, 6.45) is 1.96. The molecule has 138 valence electrons. The van der Waals surface area contributed by atoms with E-state index in [4.69, 9.17) is 4.42 Å². The van der Waals surface area contributed by atoms with Crippen molar-refractivity contribution in [2.75, 3.05) is 0 Å². The molecule has 2 nitrogen and oxygen atoms in total. The van der Waals surface area contributed by atoms with Crippen LogP contribution in [0.25, 0.3) is 11.1 Å². The molecule has 0 amide bonds. The monoisotopic (exact) mass is 354 g/mol. The minimum Gasteiger partial charge on any atom is -0.453 e. The fourth-order valence-electron chi connectivity index (χ4n) is 2.70. The first-order chi connectivity index (χ1) is 12.0. The van der Waals surface area contributed by atoms with Crippen molar-refractivity contribution in [3.63, 3.8) is 0 Å². The number of Topliss-reactive ketones (excluding diaryl/α,β-unsaturated/α-hetero) is 1. The third kappa shape index (κ3) is 4.40. The average molecular weight is 354 g/mol. The molecule has 1 heterocycles. The van der Waals surface area contributed by atoms with Gasteiger partial charge in [0.05, 0.1) is 0 Å². The normalized spacial score (nSPS) is 12.5. The molecule has 0 bridgehead atoms. The van der Waals surface area contributed by atoms with Gasteiger partial charge in [-0.2, -0.15) is 0 Å². The third-order valence-electron chi connectivity index (χ3n) is 4.27. The van der Waals surface area contributed by atoms with Gasteiger partial charge in [-0.3, -0.25) is 4.79 Å². The molecule has 0 aliphatic heterocycles. The van der Waals surface area contributed by atoms with Gasteiger partial charge in [-0.1, -0.05) is 53.3 Å². The van der Waals surface area contributed by atoms with Crippen LogP contribution in [-0.4, -0.2) is 5.78 Å². The Morgan fingerprint density at radius 3 is 2.27 bits per heavy atom. The summed E-state index contributed by atoms with van der Waals surface area (Å²) in [5.41, 5.74) is 3.26. The van der Waals surface area contributed by atoms with Crippen molar-refractivity contribution in [2.24, 2.45) is 11.3 Å². The minimum absolute atomic E-state index is 0.00929. The zero-order valence-corrected chi connectivity index (χ0v) is 16.4. The highest BCUT2D eigenvalue weighted by Gasteiger charge is 2.26. The SMILES string of the molecule is C=C(/C=C(\c1oc(C(=O)C(C)C)cc1C)C(C)(C)C)c1ccc(F)cc1. The van der Waals surface area contributed by atoms with Crippen molar-refractivity contribution < 1.29 is 13.6 Å². The van der Waals surface area contributed by atoms with E-state index in [9.17, 15) is 9.18 Å². The number of benzene rings is 1. The number of furan rings is 1. The van der Waals surface area contributed by atoms with E-state index in [1.165, 1.54) is 12.1 Å². The molecule has 1 aromatic heterocycles. The van der Waals surface area contributed by atoms with Crippen LogP contribution in [0.4, 0.5) is 4.39 Å². The Balaban J connectivity index is 2.51. The van der Waals surface area contributed by atoms with Crippen molar-refractivity contribution in [1.82, 2.24) is 0 Å². The molecule has 0 saturated carbocycles. The second-order valence-corrected chi connectivity index (χ2v) is 7.98. The molecule has 0 unspecified atom stereocenters. The number of carbonyl (C=O) groups is 1. The van der Waals surface area contributed by atoms with Crippen LogP contribution in [0.15, 0.2) is 47.4 Å². The van der Waals surface area contributed by atoms with Gasteiger partial charge in [0.15, 0.2) is 5.76 Å². The van der Waals surface area contributed by atoms with Crippen LogP contribution in [-0.2, 0) is 0 Å². The smallest absolute Gasteiger partial charge is 0.200 e. The van der Waals surface area contributed by atoms with Crippen LogP contribution in [0.5, 0.6) is 0 Å². The number of aryl methyl sites for hydroxylation is 1. The number of allylic oxidation sites excluding steroid dienone is 3. The van der Waals surface area contributed by atoms with Gasteiger partial charge in [-0.05, 0) is 53.3 Å². The van der Waals surface area contributed by atoms with E-state index in [0.717, 1.165) is 22.3 Å². The molecule has 0 aliphatic carbocycles. The van der Waals surface area contributed by atoms with E-state index in [0.29, 0.717) is 11.5 Å². The third-order valence-corrected chi connectivity index (χ3v) is 4.27.